The highest BCUT2D eigenvalue weighted by molar-refractivity contribution is 5.84. The fourth-order valence-corrected chi connectivity index (χ4v) is 2.59. The number of rotatable bonds is 3. The van der Waals surface area contributed by atoms with Crippen LogP contribution in [0.4, 0.5) is 5.82 Å². The minimum Gasteiger partial charge on any atom is -0.495 e. The number of imidazole rings is 1. The molecule has 0 aliphatic carbocycles. The first-order valence-corrected chi connectivity index (χ1v) is 6.99. The van der Waals surface area contributed by atoms with Gasteiger partial charge >= 0.3 is 0 Å². The number of benzene rings is 2. The van der Waals surface area contributed by atoms with Crippen LogP contribution in [0, 0.1) is 0 Å². The van der Waals surface area contributed by atoms with Crippen LogP contribution in [0.3, 0.4) is 0 Å². The van der Waals surface area contributed by atoms with E-state index in [1.165, 1.54) is 0 Å². The molecule has 0 bridgehead atoms. The van der Waals surface area contributed by atoms with Gasteiger partial charge in [-0.05, 0) is 34.6 Å². The molecule has 0 aliphatic heterocycles. The number of hydrogen-bond acceptors (Lipinski definition) is 6. The number of anilines is 1. The molecule has 0 fully saturated rings. The second kappa shape index (κ2) is 5.13. The van der Waals surface area contributed by atoms with Gasteiger partial charge in [0.2, 0.25) is 0 Å². The van der Waals surface area contributed by atoms with Gasteiger partial charge in [-0.15, -0.1) is 0 Å². The average molecular weight is 307 g/mol. The maximum absolute atomic E-state index is 5.86. The standard InChI is InChI=1S/C16H13N5O2/c1-22-13-9-5-4-8-12(13)21-11-7-3-2-6-10(11)18-16(21)14-15(17)20-23-19-14/h2-9H,1H3,(H2,17,20). The predicted molar refractivity (Wildman–Crippen MR) is 85.3 cm³/mol. The lowest BCUT2D eigenvalue weighted by atomic mass is 10.2. The predicted octanol–water partition coefficient (Wildman–Crippen LogP) is 2.67. The van der Waals surface area contributed by atoms with Gasteiger partial charge in [0.1, 0.15) is 5.75 Å². The van der Waals surface area contributed by atoms with Crippen LogP contribution in [0.15, 0.2) is 53.2 Å². The topological polar surface area (TPSA) is 92.0 Å². The number of hydrogen-bond donors (Lipinski definition) is 1. The van der Waals surface area contributed by atoms with Crippen LogP contribution in [-0.4, -0.2) is 27.0 Å². The quantitative estimate of drug-likeness (QED) is 0.625. The van der Waals surface area contributed by atoms with Gasteiger partial charge in [0, 0.05) is 0 Å². The Kier molecular flexibility index (Phi) is 2.97. The summed E-state index contributed by atoms with van der Waals surface area (Å²) in [4.78, 5) is 4.63. The molecule has 4 aromatic rings. The highest BCUT2D eigenvalue weighted by Crippen LogP contribution is 2.33. The number of para-hydroxylation sites is 4. The van der Waals surface area contributed by atoms with Crippen LogP contribution in [0.1, 0.15) is 0 Å². The maximum atomic E-state index is 5.86. The molecule has 7 heteroatoms. The zero-order valence-corrected chi connectivity index (χ0v) is 12.3. The first kappa shape index (κ1) is 13.3. The Balaban J connectivity index is 2.10. The molecule has 0 atom stereocenters. The van der Waals surface area contributed by atoms with E-state index in [1.807, 2.05) is 53.1 Å². The van der Waals surface area contributed by atoms with Crippen LogP contribution in [-0.2, 0) is 0 Å². The number of methoxy groups -OCH3 is 1. The highest BCUT2D eigenvalue weighted by Gasteiger charge is 2.21. The summed E-state index contributed by atoms with van der Waals surface area (Å²) < 4.78 is 12.1. The smallest absolute Gasteiger partial charge is 0.199 e. The molecule has 0 radical (unpaired) electrons. The van der Waals surface area contributed by atoms with E-state index >= 15 is 0 Å². The van der Waals surface area contributed by atoms with Crippen molar-refractivity contribution in [2.24, 2.45) is 0 Å². The third kappa shape index (κ3) is 2.02. The zero-order valence-electron chi connectivity index (χ0n) is 12.3. The summed E-state index contributed by atoms with van der Waals surface area (Å²) in [6.07, 6.45) is 0. The van der Waals surface area contributed by atoms with Gasteiger partial charge in [0.15, 0.2) is 17.3 Å². The monoisotopic (exact) mass is 307 g/mol. The fraction of sp³-hybridized carbons (Fsp3) is 0.0625. The molecule has 114 valence electrons. The molecule has 2 N–H and O–H groups in total. The molecule has 0 unspecified atom stereocenters. The summed E-state index contributed by atoms with van der Waals surface area (Å²) in [7, 11) is 1.63. The lowest BCUT2D eigenvalue weighted by Crippen LogP contribution is -2.02. The van der Waals surface area contributed by atoms with E-state index < -0.39 is 0 Å². The Labute approximate surface area is 131 Å². The number of aromatic nitrogens is 4. The summed E-state index contributed by atoms with van der Waals surface area (Å²) in [5, 5.41) is 7.54. The Bertz CT molecular complexity index is 989. The molecule has 2 aromatic heterocycles. The van der Waals surface area contributed by atoms with Crippen molar-refractivity contribution in [3.05, 3.63) is 48.5 Å². The lowest BCUT2D eigenvalue weighted by molar-refractivity contribution is 0.310. The molecule has 2 aromatic carbocycles. The average Bonchev–Trinajstić information content (AvgIpc) is 3.17. The summed E-state index contributed by atoms with van der Waals surface area (Å²) in [6.45, 7) is 0. The van der Waals surface area contributed by atoms with E-state index in [1.54, 1.807) is 7.11 Å². The second-order valence-corrected chi connectivity index (χ2v) is 4.93. The molecule has 4 rings (SSSR count). The molecule has 0 saturated carbocycles. The third-order valence-electron chi connectivity index (χ3n) is 3.61. The molecule has 0 aliphatic rings. The van der Waals surface area contributed by atoms with Crippen LogP contribution < -0.4 is 10.5 Å². The molecule has 0 saturated heterocycles. The molecule has 0 amide bonds. The van der Waals surface area contributed by atoms with Gasteiger partial charge in [0.25, 0.3) is 0 Å². The van der Waals surface area contributed by atoms with Crippen molar-refractivity contribution in [2.75, 3.05) is 12.8 Å². The maximum Gasteiger partial charge on any atom is 0.199 e. The minimum atomic E-state index is 0.191. The Hall–Kier alpha value is -3.35. The van der Waals surface area contributed by atoms with E-state index in [9.17, 15) is 0 Å². The van der Waals surface area contributed by atoms with Crippen molar-refractivity contribution < 1.29 is 9.37 Å². The van der Waals surface area contributed by atoms with E-state index in [-0.39, 0.29) is 5.82 Å². The van der Waals surface area contributed by atoms with Crippen molar-refractivity contribution in [1.82, 2.24) is 19.9 Å². The normalized spacial score (nSPS) is 11.0. The van der Waals surface area contributed by atoms with Crippen molar-refractivity contribution in [3.8, 4) is 23.0 Å². The fourth-order valence-electron chi connectivity index (χ4n) is 2.59. The zero-order chi connectivity index (χ0) is 15.8. The number of ether oxygens (including phenoxy) is 1. The Morgan fingerprint density at radius 1 is 1.04 bits per heavy atom. The summed E-state index contributed by atoms with van der Waals surface area (Å²) in [5.74, 6) is 1.46. The van der Waals surface area contributed by atoms with Gasteiger partial charge < -0.3 is 10.5 Å². The van der Waals surface area contributed by atoms with Gasteiger partial charge in [-0.3, -0.25) is 4.57 Å². The van der Waals surface area contributed by atoms with E-state index in [0.717, 1.165) is 16.7 Å². The number of nitrogens with zero attached hydrogens (tertiary/aromatic N) is 4. The second-order valence-electron chi connectivity index (χ2n) is 4.93. The van der Waals surface area contributed by atoms with E-state index in [4.69, 9.17) is 15.1 Å². The number of fused-ring (bicyclic) bond motifs is 1. The molecule has 2 heterocycles. The molecular weight excluding hydrogens is 294 g/mol. The summed E-state index contributed by atoms with van der Waals surface area (Å²) >= 11 is 0. The van der Waals surface area contributed by atoms with Gasteiger partial charge in [-0.25, -0.2) is 9.61 Å². The van der Waals surface area contributed by atoms with E-state index in [2.05, 4.69) is 15.3 Å². The first-order valence-electron chi connectivity index (χ1n) is 6.99. The van der Waals surface area contributed by atoms with Gasteiger partial charge in [0.05, 0.1) is 23.8 Å². The minimum absolute atomic E-state index is 0.191. The molecule has 23 heavy (non-hydrogen) atoms. The van der Waals surface area contributed by atoms with Crippen LogP contribution in [0.2, 0.25) is 0 Å². The van der Waals surface area contributed by atoms with Crippen molar-refractivity contribution in [2.45, 2.75) is 0 Å². The lowest BCUT2D eigenvalue weighted by Gasteiger charge is -2.12. The summed E-state index contributed by atoms with van der Waals surface area (Å²) in [6, 6.07) is 15.4. The molecule has 0 spiro atoms. The van der Waals surface area contributed by atoms with Crippen LogP contribution >= 0.6 is 0 Å². The molecular formula is C16H13N5O2. The SMILES string of the molecule is COc1ccccc1-n1c(-c2nonc2N)nc2ccccc21. The van der Waals surface area contributed by atoms with Crippen molar-refractivity contribution in [3.63, 3.8) is 0 Å². The van der Waals surface area contributed by atoms with Crippen molar-refractivity contribution >= 4 is 16.9 Å². The molecule has 7 nitrogen and oxygen atoms in total. The van der Waals surface area contributed by atoms with E-state index in [0.29, 0.717) is 17.3 Å². The Morgan fingerprint density at radius 3 is 2.61 bits per heavy atom. The largest absolute Gasteiger partial charge is 0.495 e. The van der Waals surface area contributed by atoms with Crippen LogP contribution in [0.5, 0.6) is 5.75 Å². The third-order valence-corrected chi connectivity index (χ3v) is 3.61. The van der Waals surface area contributed by atoms with Crippen molar-refractivity contribution in [1.29, 1.82) is 0 Å². The van der Waals surface area contributed by atoms with Crippen LogP contribution in [0.25, 0.3) is 28.2 Å². The number of nitrogen functional groups attached to an aromatic ring is 1. The number of nitrogens with two attached hydrogens (primary N) is 1. The summed E-state index contributed by atoms with van der Waals surface area (Å²) in [5.41, 5.74) is 8.82. The first-order chi connectivity index (χ1) is 11.3. The van der Waals surface area contributed by atoms with Gasteiger partial charge in [-0.2, -0.15) is 0 Å². The van der Waals surface area contributed by atoms with Gasteiger partial charge in [-0.1, -0.05) is 24.3 Å². The highest BCUT2D eigenvalue weighted by atomic mass is 16.6. The Morgan fingerprint density at radius 2 is 1.83 bits per heavy atom.